The summed E-state index contributed by atoms with van der Waals surface area (Å²) in [4.78, 5) is 9.53. The summed E-state index contributed by atoms with van der Waals surface area (Å²) in [5.74, 6) is 0.980. The van der Waals surface area contributed by atoms with Crippen molar-refractivity contribution < 1.29 is 0 Å². The monoisotopic (exact) mass is 262 g/mol. The normalized spacial score (nSPS) is 16.2. The number of pyridine rings is 1. The highest BCUT2D eigenvalue weighted by Gasteiger charge is 2.12. The summed E-state index contributed by atoms with van der Waals surface area (Å²) in [6, 6.07) is 6.21. The predicted octanol–water partition coefficient (Wildman–Crippen LogP) is 2.04. The molecule has 2 rings (SSSR count). The van der Waals surface area contributed by atoms with Crippen molar-refractivity contribution in [2.24, 2.45) is 0 Å². The zero-order chi connectivity index (χ0) is 13.5. The van der Waals surface area contributed by atoms with Crippen molar-refractivity contribution in [3.8, 4) is 0 Å². The van der Waals surface area contributed by atoms with E-state index < -0.39 is 0 Å². The Morgan fingerprint density at radius 1 is 1.32 bits per heavy atom. The third-order valence-corrected chi connectivity index (χ3v) is 3.59. The molecule has 1 saturated heterocycles. The number of nitrogens with one attached hydrogen (secondary N) is 1. The quantitative estimate of drug-likeness (QED) is 0.815. The standard InChI is InChI=1S/C15H26N4/c1-3-16-15-8-6-7-14(17-15)13-18(2)11-12-19-9-4-5-10-19/h6-8H,3-5,9-13H2,1-2H3,(H,16,17). The fourth-order valence-electron chi connectivity index (χ4n) is 2.52. The Bertz CT molecular complexity index is 374. The van der Waals surface area contributed by atoms with Crippen LogP contribution < -0.4 is 5.32 Å². The molecule has 0 atom stereocenters. The van der Waals surface area contributed by atoms with E-state index in [0.717, 1.165) is 31.1 Å². The number of likely N-dealkylation sites (tertiary alicyclic amines) is 1. The van der Waals surface area contributed by atoms with E-state index in [9.17, 15) is 0 Å². The molecule has 1 aliphatic heterocycles. The van der Waals surface area contributed by atoms with Gasteiger partial charge in [0.1, 0.15) is 5.82 Å². The van der Waals surface area contributed by atoms with Crippen LogP contribution in [0.5, 0.6) is 0 Å². The Morgan fingerprint density at radius 2 is 2.11 bits per heavy atom. The molecular formula is C15H26N4. The highest BCUT2D eigenvalue weighted by Crippen LogP contribution is 2.08. The first kappa shape index (κ1) is 14.3. The zero-order valence-corrected chi connectivity index (χ0v) is 12.2. The van der Waals surface area contributed by atoms with Crippen molar-refractivity contribution in [3.05, 3.63) is 23.9 Å². The Balaban J connectivity index is 1.77. The molecule has 1 fully saturated rings. The molecule has 0 saturated carbocycles. The molecule has 0 radical (unpaired) electrons. The van der Waals surface area contributed by atoms with Gasteiger partial charge in [0.15, 0.2) is 0 Å². The molecule has 1 aromatic heterocycles. The number of nitrogens with zero attached hydrogens (tertiary/aromatic N) is 3. The number of hydrogen-bond acceptors (Lipinski definition) is 4. The first-order valence-electron chi connectivity index (χ1n) is 7.38. The van der Waals surface area contributed by atoms with Crippen LogP contribution in [0.15, 0.2) is 18.2 Å². The first-order valence-corrected chi connectivity index (χ1v) is 7.38. The molecule has 0 bridgehead atoms. The van der Waals surface area contributed by atoms with Crippen LogP contribution in [0.25, 0.3) is 0 Å². The number of anilines is 1. The van der Waals surface area contributed by atoms with E-state index in [1.165, 1.54) is 32.5 Å². The predicted molar refractivity (Wildman–Crippen MR) is 80.4 cm³/mol. The summed E-state index contributed by atoms with van der Waals surface area (Å²) >= 11 is 0. The Morgan fingerprint density at radius 3 is 2.84 bits per heavy atom. The van der Waals surface area contributed by atoms with Gasteiger partial charge in [-0.15, -0.1) is 0 Å². The van der Waals surface area contributed by atoms with Gasteiger partial charge in [0.25, 0.3) is 0 Å². The van der Waals surface area contributed by atoms with Crippen LogP contribution in [-0.4, -0.2) is 54.6 Å². The fourth-order valence-corrected chi connectivity index (χ4v) is 2.52. The van der Waals surface area contributed by atoms with Crippen LogP contribution in [0.4, 0.5) is 5.82 Å². The first-order chi connectivity index (χ1) is 9.28. The number of rotatable bonds is 7. The van der Waals surface area contributed by atoms with Crippen LogP contribution in [0, 0.1) is 0 Å². The number of aromatic nitrogens is 1. The molecule has 4 heteroatoms. The molecule has 1 N–H and O–H groups in total. The molecule has 1 aromatic rings. The average Bonchev–Trinajstić information content (AvgIpc) is 2.90. The van der Waals surface area contributed by atoms with E-state index in [1.54, 1.807) is 0 Å². The van der Waals surface area contributed by atoms with Gasteiger partial charge in [-0.2, -0.15) is 0 Å². The van der Waals surface area contributed by atoms with Gasteiger partial charge < -0.3 is 10.2 Å². The largest absolute Gasteiger partial charge is 0.370 e. The third-order valence-electron chi connectivity index (χ3n) is 3.59. The number of likely N-dealkylation sites (N-methyl/N-ethyl adjacent to an activating group) is 1. The van der Waals surface area contributed by atoms with Gasteiger partial charge in [-0.05, 0) is 52.0 Å². The van der Waals surface area contributed by atoms with Crippen LogP contribution in [0.3, 0.4) is 0 Å². The minimum atomic E-state index is 0.918. The third kappa shape index (κ3) is 4.80. The maximum atomic E-state index is 4.62. The molecule has 19 heavy (non-hydrogen) atoms. The Hall–Kier alpha value is -1.13. The highest BCUT2D eigenvalue weighted by atomic mass is 15.2. The number of hydrogen-bond donors (Lipinski definition) is 1. The van der Waals surface area contributed by atoms with Crippen molar-refractivity contribution in [2.75, 3.05) is 45.1 Å². The molecular weight excluding hydrogens is 236 g/mol. The zero-order valence-electron chi connectivity index (χ0n) is 12.2. The van der Waals surface area contributed by atoms with Crippen molar-refractivity contribution in [1.29, 1.82) is 0 Å². The second kappa shape index (κ2) is 7.46. The van der Waals surface area contributed by atoms with Crippen LogP contribution in [0.2, 0.25) is 0 Å². The average molecular weight is 262 g/mol. The minimum absolute atomic E-state index is 0.918. The summed E-state index contributed by atoms with van der Waals surface area (Å²) in [6.07, 6.45) is 2.74. The van der Waals surface area contributed by atoms with E-state index in [0.29, 0.717) is 0 Å². The molecule has 0 aromatic carbocycles. The highest BCUT2D eigenvalue weighted by molar-refractivity contribution is 5.34. The topological polar surface area (TPSA) is 31.4 Å². The van der Waals surface area contributed by atoms with Crippen molar-refractivity contribution in [2.45, 2.75) is 26.3 Å². The van der Waals surface area contributed by atoms with E-state index >= 15 is 0 Å². The molecule has 0 aliphatic carbocycles. The van der Waals surface area contributed by atoms with Crippen LogP contribution in [0.1, 0.15) is 25.5 Å². The van der Waals surface area contributed by atoms with E-state index in [1.807, 2.05) is 6.07 Å². The lowest BCUT2D eigenvalue weighted by Crippen LogP contribution is -2.31. The summed E-state index contributed by atoms with van der Waals surface area (Å²) in [7, 11) is 2.18. The molecule has 0 amide bonds. The minimum Gasteiger partial charge on any atom is -0.370 e. The maximum absolute atomic E-state index is 4.62. The van der Waals surface area contributed by atoms with E-state index in [-0.39, 0.29) is 0 Å². The molecule has 0 unspecified atom stereocenters. The molecule has 106 valence electrons. The molecule has 4 nitrogen and oxygen atoms in total. The fraction of sp³-hybridized carbons (Fsp3) is 0.667. The summed E-state index contributed by atoms with van der Waals surface area (Å²) in [6.45, 7) is 8.80. The lowest BCUT2D eigenvalue weighted by atomic mass is 10.3. The second-order valence-electron chi connectivity index (χ2n) is 5.33. The Labute approximate surface area is 116 Å². The summed E-state index contributed by atoms with van der Waals surface area (Å²) in [5, 5.41) is 3.26. The van der Waals surface area contributed by atoms with Gasteiger partial charge in [-0.3, -0.25) is 4.90 Å². The van der Waals surface area contributed by atoms with Gasteiger partial charge >= 0.3 is 0 Å². The molecule has 0 spiro atoms. The van der Waals surface area contributed by atoms with Crippen molar-refractivity contribution in [1.82, 2.24) is 14.8 Å². The lowest BCUT2D eigenvalue weighted by Gasteiger charge is -2.21. The summed E-state index contributed by atoms with van der Waals surface area (Å²) < 4.78 is 0. The van der Waals surface area contributed by atoms with Gasteiger partial charge in [-0.1, -0.05) is 6.07 Å². The van der Waals surface area contributed by atoms with Gasteiger partial charge in [0.05, 0.1) is 5.69 Å². The van der Waals surface area contributed by atoms with Gasteiger partial charge in [0.2, 0.25) is 0 Å². The SMILES string of the molecule is CCNc1cccc(CN(C)CCN2CCCC2)n1. The Kier molecular flexibility index (Phi) is 5.61. The van der Waals surface area contributed by atoms with Crippen LogP contribution >= 0.6 is 0 Å². The van der Waals surface area contributed by atoms with Crippen molar-refractivity contribution >= 4 is 5.82 Å². The maximum Gasteiger partial charge on any atom is 0.126 e. The smallest absolute Gasteiger partial charge is 0.126 e. The van der Waals surface area contributed by atoms with E-state index in [2.05, 4.69) is 46.2 Å². The van der Waals surface area contributed by atoms with Crippen molar-refractivity contribution in [3.63, 3.8) is 0 Å². The molecule has 1 aliphatic rings. The lowest BCUT2D eigenvalue weighted by molar-refractivity contribution is 0.251. The van der Waals surface area contributed by atoms with E-state index in [4.69, 9.17) is 0 Å². The van der Waals surface area contributed by atoms with Gasteiger partial charge in [0, 0.05) is 26.2 Å². The van der Waals surface area contributed by atoms with Gasteiger partial charge in [-0.25, -0.2) is 4.98 Å². The molecule has 2 heterocycles. The second-order valence-corrected chi connectivity index (χ2v) is 5.33. The summed E-state index contributed by atoms with van der Waals surface area (Å²) in [5.41, 5.74) is 1.14. The van der Waals surface area contributed by atoms with Crippen LogP contribution in [-0.2, 0) is 6.54 Å².